The van der Waals surface area contributed by atoms with Crippen molar-refractivity contribution in [2.24, 2.45) is 0 Å². The molecule has 1 atom stereocenters. The number of alkyl halides is 1. The van der Waals surface area contributed by atoms with Crippen LogP contribution in [0.2, 0.25) is 0 Å². The lowest BCUT2D eigenvalue weighted by Gasteiger charge is -2.04. The van der Waals surface area contributed by atoms with Crippen LogP contribution in [-0.2, 0) is 0 Å². The molecule has 1 nitrogen and oxygen atoms in total. The summed E-state index contributed by atoms with van der Waals surface area (Å²) in [6.45, 7) is 2.15. The van der Waals surface area contributed by atoms with Crippen molar-refractivity contribution in [3.05, 3.63) is 30.1 Å². The number of halogens is 1. The first-order chi connectivity index (χ1) is 4.84. The van der Waals surface area contributed by atoms with E-state index in [0.717, 1.165) is 6.42 Å². The third-order valence-corrected chi connectivity index (χ3v) is 2.60. The summed E-state index contributed by atoms with van der Waals surface area (Å²) in [7, 11) is 0. The van der Waals surface area contributed by atoms with Crippen LogP contribution in [0.3, 0.4) is 0 Å². The Kier molecular flexibility index (Phi) is 2.87. The molecule has 0 aliphatic heterocycles. The fourth-order valence-electron chi connectivity index (χ4n) is 0.808. The molecule has 0 N–H and O–H groups in total. The zero-order valence-corrected chi connectivity index (χ0v) is 7.51. The van der Waals surface area contributed by atoms with Crippen molar-refractivity contribution in [2.75, 3.05) is 0 Å². The third-order valence-electron chi connectivity index (χ3n) is 1.43. The van der Waals surface area contributed by atoms with Crippen molar-refractivity contribution in [2.45, 2.75) is 18.2 Å². The molecule has 10 heavy (non-hydrogen) atoms. The van der Waals surface area contributed by atoms with Crippen molar-refractivity contribution in [3.8, 4) is 0 Å². The molecule has 2 heteroatoms. The van der Waals surface area contributed by atoms with E-state index in [1.54, 1.807) is 0 Å². The maximum absolute atomic E-state index is 3.94. The molecule has 54 valence electrons. The van der Waals surface area contributed by atoms with Crippen LogP contribution < -0.4 is 0 Å². The van der Waals surface area contributed by atoms with Gasteiger partial charge in [-0.1, -0.05) is 22.9 Å². The van der Waals surface area contributed by atoms with Crippen molar-refractivity contribution in [3.63, 3.8) is 0 Å². The molecule has 1 heterocycles. The summed E-state index contributed by atoms with van der Waals surface area (Å²) in [5.41, 5.74) is 1.30. The molecular formula is C8H10BrN. The summed E-state index contributed by atoms with van der Waals surface area (Å²) in [5, 5.41) is 0. The predicted molar refractivity (Wildman–Crippen MR) is 46.2 cm³/mol. The van der Waals surface area contributed by atoms with E-state index < -0.39 is 0 Å². The minimum atomic E-state index is 0.482. The summed E-state index contributed by atoms with van der Waals surface area (Å²) < 4.78 is 0. The lowest BCUT2D eigenvalue weighted by molar-refractivity contribution is 0.908. The van der Waals surface area contributed by atoms with E-state index in [4.69, 9.17) is 0 Å². The van der Waals surface area contributed by atoms with Gasteiger partial charge >= 0.3 is 0 Å². The molecule has 0 spiro atoms. The monoisotopic (exact) mass is 199 g/mol. The molecule has 0 bridgehead atoms. The molecule has 0 radical (unpaired) electrons. The lowest BCUT2D eigenvalue weighted by atomic mass is 10.2. The Morgan fingerprint density at radius 3 is 2.60 bits per heavy atom. The van der Waals surface area contributed by atoms with Gasteiger partial charge in [-0.25, -0.2) is 0 Å². The first-order valence-electron chi connectivity index (χ1n) is 3.38. The molecule has 0 saturated heterocycles. The SMILES string of the molecule is CC[C@@H](Br)c1ccncc1. The number of hydrogen-bond donors (Lipinski definition) is 0. The minimum absolute atomic E-state index is 0.482. The first-order valence-corrected chi connectivity index (χ1v) is 4.30. The van der Waals surface area contributed by atoms with Crippen LogP contribution in [0, 0.1) is 0 Å². The first kappa shape index (κ1) is 7.73. The number of aromatic nitrogens is 1. The molecule has 0 fully saturated rings. The van der Waals surface area contributed by atoms with Crippen molar-refractivity contribution >= 4 is 15.9 Å². The van der Waals surface area contributed by atoms with Crippen LogP contribution in [0.4, 0.5) is 0 Å². The Labute approximate surface area is 69.6 Å². The molecule has 1 rings (SSSR count). The van der Waals surface area contributed by atoms with Gasteiger partial charge in [-0.15, -0.1) is 0 Å². The fraction of sp³-hybridized carbons (Fsp3) is 0.375. The summed E-state index contributed by atoms with van der Waals surface area (Å²) in [6.07, 6.45) is 4.75. The normalized spacial score (nSPS) is 13.0. The minimum Gasteiger partial charge on any atom is -0.265 e. The second-order valence-electron chi connectivity index (χ2n) is 2.16. The Morgan fingerprint density at radius 1 is 1.50 bits per heavy atom. The number of hydrogen-bond acceptors (Lipinski definition) is 1. The zero-order chi connectivity index (χ0) is 7.40. The van der Waals surface area contributed by atoms with Gasteiger partial charge < -0.3 is 0 Å². The molecule has 1 aromatic rings. The van der Waals surface area contributed by atoms with E-state index in [1.165, 1.54) is 5.56 Å². The van der Waals surface area contributed by atoms with E-state index in [-0.39, 0.29) is 0 Å². The van der Waals surface area contributed by atoms with Crippen LogP contribution >= 0.6 is 15.9 Å². The average Bonchev–Trinajstić information content (AvgIpc) is 2.05. The molecule has 0 aromatic carbocycles. The average molecular weight is 200 g/mol. The van der Waals surface area contributed by atoms with Crippen LogP contribution in [0.15, 0.2) is 24.5 Å². The quantitative estimate of drug-likeness (QED) is 0.668. The summed E-state index contributed by atoms with van der Waals surface area (Å²) in [6, 6.07) is 4.06. The Morgan fingerprint density at radius 2 is 2.10 bits per heavy atom. The van der Waals surface area contributed by atoms with Gasteiger partial charge in [0.1, 0.15) is 0 Å². The smallest absolute Gasteiger partial charge is 0.0393 e. The van der Waals surface area contributed by atoms with Gasteiger partial charge in [0.2, 0.25) is 0 Å². The van der Waals surface area contributed by atoms with Gasteiger partial charge in [0, 0.05) is 17.2 Å². The van der Waals surface area contributed by atoms with Crippen molar-refractivity contribution in [1.82, 2.24) is 4.98 Å². The van der Waals surface area contributed by atoms with E-state index in [1.807, 2.05) is 24.5 Å². The zero-order valence-electron chi connectivity index (χ0n) is 5.92. The van der Waals surface area contributed by atoms with Gasteiger partial charge in [0.05, 0.1) is 0 Å². The molecule has 0 unspecified atom stereocenters. The fourth-order valence-corrected chi connectivity index (χ4v) is 1.11. The number of nitrogens with zero attached hydrogens (tertiary/aromatic N) is 1. The number of rotatable bonds is 2. The highest BCUT2D eigenvalue weighted by atomic mass is 79.9. The van der Waals surface area contributed by atoms with Crippen LogP contribution in [0.25, 0.3) is 0 Å². The standard InChI is InChI=1S/C8H10BrN/c1-2-8(9)7-3-5-10-6-4-7/h3-6,8H,2H2,1H3/t8-/m1/s1. The third kappa shape index (κ3) is 1.81. The van der Waals surface area contributed by atoms with Crippen molar-refractivity contribution in [1.29, 1.82) is 0 Å². The van der Waals surface area contributed by atoms with Crippen LogP contribution in [0.5, 0.6) is 0 Å². The maximum atomic E-state index is 3.94. The molecular weight excluding hydrogens is 190 g/mol. The van der Waals surface area contributed by atoms with E-state index in [9.17, 15) is 0 Å². The summed E-state index contributed by atoms with van der Waals surface area (Å²) in [5.74, 6) is 0. The van der Waals surface area contributed by atoms with Gasteiger partial charge in [-0.3, -0.25) is 4.98 Å². The van der Waals surface area contributed by atoms with Gasteiger partial charge in [-0.2, -0.15) is 0 Å². The van der Waals surface area contributed by atoms with Crippen LogP contribution in [-0.4, -0.2) is 4.98 Å². The highest BCUT2D eigenvalue weighted by Gasteiger charge is 2.01. The predicted octanol–water partition coefficient (Wildman–Crippen LogP) is 2.93. The Bertz CT molecular complexity index is 186. The second kappa shape index (κ2) is 3.71. The van der Waals surface area contributed by atoms with Gasteiger partial charge in [-0.05, 0) is 24.1 Å². The molecule has 1 aromatic heterocycles. The molecule has 0 saturated carbocycles. The van der Waals surface area contributed by atoms with Crippen molar-refractivity contribution < 1.29 is 0 Å². The van der Waals surface area contributed by atoms with E-state index in [0.29, 0.717) is 4.83 Å². The molecule has 0 amide bonds. The highest BCUT2D eigenvalue weighted by Crippen LogP contribution is 2.24. The van der Waals surface area contributed by atoms with E-state index >= 15 is 0 Å². The topological polar surface area (TPSA) is 12.9 Å². The van der Waals surface area contributed by atoms with Crippen LogP contribution in [0.1, 0.15) is 23.7 Å². The highest BCUT2D eigenvalue weighted by molar-refractivity contribution is 9.09. The Balaban J connectivity index is 2.75. The summed E-state index contributed by atoms with van der Waals surface area (Å²) in [4.78, 5) is 4.42. The number of pyridine rings is 1. The second-order valence-corrected chi connectivity index (χ2v) is 3.26. The Hall–Kier alpha value is -0.370. The largest absolute Gasteiger partial charge is 0.265 e. The summed E-state index contributed by atoms with van der Waals surface area (Å²) >= 11 is 3.56. The lowest BCUT2D eigenvalue weighted by Crippen LogP contribution is -1.86. The van der Waals surface area contributed by atoms with Gasteiger partial charge in [0.15, 0.2) is 0 Å². The molecule has 0 aliphatic rings. The van der Waals surface area contributed by atoms with Gasteiger partial charge in [0.25, 0.3) is 0 Å². The van der Waals surface area contributed by atoms with E-state index in [2.05, 4.69) is 27.8 Å². The molecule has 0 aliphatic carbocycles. The maximum Gasteiger partial charge on any atom is 0.0393 e.